The fraction of sp³-hybridized carbons (Fsp3) is 0.320. The van der Waals surface area contributed by atoms with E-state index in [1.54, 1.807) is 0 Å². The minimum Gasteiger partial charge on any atom is -0.338 e. The number of nitrogens with one attached hydrogen (secondary N) is 1. The van der Waals surface area contributed by atoms with Crippen molar-refractivity contribution in [3.63, 3.8) is 0 Å². The molecule has 1 fully saturated rings. The second kappa shape index (κ2) is 8.36. The number of fused-ring (bicyclic) bond motifs is 1. The fourth-order valence-corrected chi connectivity index (χ4v) is 4.53. The van der Waals surface area contributed by atoms with Crippen molar-refractivity contribution in [2.24, 2.45) is 0 Å². The highest BCUT2D eigenvalue weighted by molar-refractivity contribution is 6.01. The van der Waals surface area contributed by atoms with Crippen molar-refractivity contribution in [3.05, 3.63) is 83.4 Å². The molecule has 0 aliphatic carbocycles. The first kappa shape index (κ1) is 18.9. The van der Waals surface area contributed by atoms with Gasteiger partial charge in [-0.05, 0) is 30.0 Å². The SMILES string of the molecule is O=C(c1ccccc1-c1ccccc1)N1CCCC(c2ncc3c(n2)CCNC3)C1. The quantitative estimate of drug-likeness (QED) is 0.729. The number of rotatable bonds is 3. The second-order valence-corrected chi connectivity index (χ2v) is 8.13. The molecular formula is C25H26N4O. The molecule has 2 aliphatic heterocycles. The second-order valence-electron chi connectivity index (χ2n) is 8.13. The lowest BCUT2D eigenvalue weighted by Crippen LogP contribution is -2.40. The number of aromatic nitrogens is 2. The Hall–Kier alpha value is -3.05. The maximum absolute atomic E-state index is 13.5. The highest BCUT2D eigenvalue weighted by Crippen LogP contribution is 2.29. The lowest BCUT2D eigenvalue weighted by atomic mass is 9.94. The first-order chi connectivity index (χ1) is 14.8. The average Bonchev–Trinajstić information content (AvgIpc) is 2.84. The van der Waals surface area contributed by atoms with Gasteiger partial charge in [0.1, 0.15) is 5.82 Å². The van der Waals surface area contributed by atoms with Gasteiger partial charge in [0.2, 0.25) is 0 Å². The fourth-order valence-electron chi connectivity index (χ4n) is 4.53. The molecule has 5 nitrogen and oxygen atoms in total. The third kappa shape index (κ3) is 3.73. The van der Waals surface area contributed by atoms with Crippen LogP contribution < -0.4 is 5.32 Å². The summed E-state index contributed by atoms with van der Waals surface area (Å²) >= 11 is 0. The van der Waals surface area contributed by atoms with Gasteiger partial charge >= 0.3 is 0 Å². The summed E-state index contributed by atoms with van der Waals surface area (Å²) < 4.78 is 0. The van der Waals surface area contributed by atoms with Gasteiger partial charge in [-0.1, -0.05) is 48.5 Å². The Kier molecular flexibility index (Phi) is 5.28. The van der Waals surface area contributed by atoms with E-state index in [-0.39, 0.29) is 11.8 Å². The van der Waals surface area contributed by atoms with E-state index < -0.39 is 0 Å². The van der Waals surface area contributed by atoms with E-state index in [4.69, 9.17) is 4.98 Å². The topological polar surface area (TPSA) is 58.1 Å². The first-order valence-electron chi connectivity index (χ1n) is 10.8. The van der Waals surface area contributed by atoms with Crippen LogP contribution in [0.1, 0.15) is 46.2 Å². The third-order valence-corrected chi connectivity index (χ3v) is 6.14. The Bertz CT molecular complexity index is 1050. The summed E-state index contributed by atoms with van der Waals surface area (Å²) in [4.78, 5) is 25.0. The first-order valence-corrected chi connectivity index (χ1v) is 10.8. The standard InChI is InChI=1S/C25H26N4O/c30-25(22-11-5-4-10-21(22)18-7-2-1-3-8-18)29-14-6-9-19(17-29)24-27-16-20-15-26-13-12-23(20)28-24/h1-5,7-8,10-11,16,19,26H,6,9,12-15,17H2. The average molecular weight is 399 g/mol. The number of benzene rings is 2. The molecule has 1 atom stereocenters. The summed E-state index contributed by atoms with van der Waals surface area (Å²) in [6, 6.07) is 18.0. The van der Waals surface area contributed by atoms with Gasteiger partial charge in [-0.15, -0.1) is 0 Å². The molecule has 0 radical (unpaired) electrons. The molecular weight excluding hydrogens is 372 g/mol. The Balaban J connectivity index is 1.39. The molecule has 152 valence electrons. The Morgan fingerprint density at radius 2 is 1.90 bits per heavy atom. The Morgan fingerprint density at radius 3 is 2.80 bits per heavy atom. The van der Waals surface area contributed by atoms with E-state index in [2.05, 4.69) is 22.4 Å². The number of hydrogen-bond acceptors (Lipinski definition) is 4. The van der Waals surface area contributed by atoms with Crippen LogP contribution in [0.15, 0.2) is 60.8 Å². The smallest absolute Gasteiger partial charge is 0.254 e. The van der Waals surface area contributed by atoms with E-state index in [1.807, 2.05) is 53.6 Å². The maximum Gasteiger partial charge on any atom is 0.254 e. The molecule has 1 N–H and O–H groups in total. The van der Waals surface area contributed by atoms with Crippen LogP contribution in [0.25, 0.3) is 11.1 Å². The van der Waals surface area contributed by atoms with Crippen molar-refractivity contribution in [1.29, 1.82) is 0 Å². The predicted molar refractivity (Wildman–Crippen MR) is 117 cm³/mol. The van der Waals surface area contributed by atoms with E-state index in [0.29, 0.717) is 6.54 Å². The lowest BCUT2D eigenvalue weighted by molar-refractivity contribution is 0.0705. The zero-order chi connectivity index (χ0) is 20.3. The highest BCUT2D eigenvalue weighted by Gasteiger charge is 2.29. The number of likely N-dealkylation sites (tertiary alicyclic amines) is 1. The zero-order valence-electron chi connectivity index (χ0n) is 17.1. The minimum absolute atomic E-state index is 0.0984. The molecule has 0 spiro atoms. The zero-order valence-corrected chi connectivity index (χ0v) is 17.1. The lowest BCUT2D eigenvalue weighted by Gasteiger charge is -2.33. The molecule has 5 heteroatoms. The van der Waals surface area contributed by atoms with Crippen LogP contribution in [0.5, 0.6) is 0 Å². The Labute approximate surface area is 177 Å². The highest BCUT2D eigenvalue weighted by atomic mass is 16.2. The normalized spacial score (nSPS) is 18.7. The van der Waals surface area contributed by atoms with Gasteiger partial charge in [0, 0.05) is 61.5 Å². The molecule has 1 amide bonds. The van der Waals surface area contributed by atoms with Crippen LogP contribution in [-0.4, -0.2) is 40.4 Å². The maximum atomic E-state index is 13.5. The molecule has 0 bridgehead atoms. The van der Waals surface area contributed by atoms with Gasteiger partial charge in [0.05, 0.1) is 0 Å². The van der Waals surface area contributed by atoms with E-state index in [1.165, 1.54) is 5.56 Å². The number of nitrogens with zero attached hydrogens (tertiary/aromatic N) is 3. The molecule has 3 heterocycles. The number of amides is 1. The molecule has 2 aliphatic rings. The summed E-state index contributed by atoms with van der Waals surface area (Å²) in [6.45, 7) is 3.28. The van der Waals surface area contributed by atoms with Gasteiger partial charge in [-0.25, -0.2) is 9.97 Å². The summed E-state index contributed by atoms with van der Waals surface area (Å²) in [5.74, 6) is 1.19. The van der Waals surface area contributed by atoms with Crippen LogP contribution in [0.4, 0.5) is 0 Å². The van der Waals surface area contributed by atoms with Crippen molar-refractivity contribution in [3.8, 4) is 11.1 Å². The van der Waals surface area contributed by atoms with Crippen LogP contribution in [0.3, 0.4) is 0 Å². The molecule has 1 saturated heterocycles. The summed E-state index contributed by atoms with van der Waals surface area (Å²) in [5.41, 5.74) is 5.19. The largest absolute Gasteiger partial charge is 0.338 e. The van der Waals surface area contributed by atoms with Gasteiger partial charge in [0.25, 0.3) is 5.91 Å². The number of piperidine rings is 1. The molecule has 3 aromatic rings. The van der Waals surface area contributed by atoms with Crippen LogP contribution in [0, 0.1) is 0 Å². The van der Waals surface area contributed by atoms with Gasteiger partial charge < -0.3 is 10.2 Å². The number of carbonyl (C=O) groups excluding carboxylic acids is 1. The third-order valence-electron chi connectivity index (χ3n) is 6.14. The molecule has 1 aromatic heterocycles. The van der Waals surface area contributed by atoms with Gasteiger partial charge in [-0.2, -0.15) is 0 Å². The van der Waals surface area contributed by atoms with E-state index in [0.717, 1.165) is 67.1 Å². The molecule has 30 heavy (non-hydrogen) atoms. The number of hydrogen-bond donors (Lipinski definition) is 1. The van der Waals surface area contributed by atoms with Crippen molar-refractivity contribution >= 4 is 5.91 Å². The molecule has 0 saturated carbocycles. The summed E-state index contributed by atoms with van der Waals surface area (Å²) in [6.07, 6.45) is 4.92. The molecule has 5 rings (SSSR count). The van der Waals surface area contributed by atoms with Crippen molar-refractivity contribution in [2.75, 3.05) is 19.6 Å². The van der Waals surface area contributed by atoms with Crippen LogP contribution in [0.2, 0.25) is 0 Å². The monoisotopic (exact) mass is 398 g/mol. The van der Waals surface area contributed by atoms with Gasteiger partial charge in [-0.3, -0.25) is 4.79 Å². The van der Waals surface area contributed by atoms with E-state index in [9.17, 15) is 4.79 Å². The van der Waals surface area contributed by atoms with E-state index >= 15 is 0 Å². The number of carbonyl (C=O) groups is 1. The molecule has 1 unspecified atom stereocenters. The van der Waals surface area contributed by atoms with Crippen molar-refractivity contribution < 1.29 is 4.79 Å². The van der Waals surface area contributed by atoms with Crippen molar-refractivity contribution in [1.82, 2.24) is 20.2 Å². The van der Waals surface area contributed by atoms with Gasteiger partial charge in [0.15, 0.2) is 0 Å². The minimum atomic E-state index is 0.0984. The van der Waals surface area contributed by atoms with Crippen LogP contribution in [-0.2, 0) is 13.0 Å². The van der Waals surface area contributed by atoms with Crippen molar-refractivity contribution in [2.45, 2.75) is 31.7 Å². The predicted octanol–water partition coefficient (Wildman–Crippen LogP) is 3.81. The molecule has 2 aromatic carbocycles. The summed E-state index contributed by atoms with van der Waals surface area (Å²) in [5, 5.41) is 3.37. The summed E-state index contributed by atoms with van der Waals surface area (Å²) in [7, 11) is 0. The van der Waals surface area contributed by atoms with Crippen LogP contribution >= 0.6 is 0 Å². The Morgan fingerprint density at radius 1 is 1.07 bits per heavy atom.